The highest BCUT2D eigenvalue weighted by Gasteiger charge is 2.16. The number of halogens is 1. The topological polar surface area (TPSA) is 105 Å². The van der Waals surface area contributed by atoms with E-state index >= 15 is 0 Å². The molecule has 0 aromatic carbocycles. The lowest BCUT2D eigenvalue weighted by Crippen LogP contribution is -2.26. The summed E-state index contributed by atoms with van der Waals surface area (Å²) in [6.45, 7) is 0.0286. The first-order valence-corrected chi connectivity index (χ1v) is 9.58. The fourth-order valence-corrected chi connectivity index (χ4v) is 3.41. The van der Waals surface area contributed by atoms with Gasteiger partial charge in [0, 0.05) is 26.0 Å². The van der Waals surface area contributed by atoms with Crippen molar-refractivity contribution in [1.82, 2.24) is 9.71 Å². The molecule has 114 valence electrons. The third-order valence-electron chi connectivity index (χ3n) is 2.35. The van der Waals surface area contributed by atoms with E-state index in [1.807, 2.05) is 0 Å². The van der Waals surface area contributed by atoms with Gasteiger partial charge >= 0.3 is 0 Å². The number of nitrogens with one attached hydrogen (secondary N) is 2. The lowest BCUT2D eigenvalue weighted by molar-refractivity contribution is 0.577. The van der Waals surface area contributed by atoms with Crippen LogP contribution in [0.1, 0.15) is 6.42 Å². The number of pyridine rings is 1. The molecule has 0 aliphatic heterocycles. The Morgan fingerprint density at radius 3 is 2.45 bits per heavy atom. The quantitative estimate of drug-likeness (QED) is 0.699. The molecule has 1 aromatic heterocycles. The molecule has 0 spiro atoms. The largest absolute Gasteiger partial charge is 0.372 e. The van der Waals surface area contributed by atoms with Gasteiger partial charge in [0.25, 0.3) is 0 Å². The summed E-state index contributed by atoms with van der Waals surface area (Å²) in [7, 11) is -5.23. The number of sulfonamides is 1. The van der Waals surface area contributed by atoms with Gasteiger partial charge in [0.15, 0.2) is 0 Å². The second-order valence-electron chi connectivity index (χ2n) is 4.13. The van der Waals surface area contributed by atoms with Gasteiger partial charge in [-0.05, 0) is 12.5 Å². The van der Waals surface area contributed by atoms with E-state index in [1.54, 1.807) is 7.05 Å². The molecule has 1 heterocycles. The Hall–Kier alpha value is -0.900. The zero-order valence-electron chi connectivity index (χ0n) is 11.1. The Labute approximate surface area is 123 Å². The van der Waals surface area contributed by atoms with E-state index in [-0.39, 0.29) is 28.6 Å². The van der Waals surface area contributed by atoms with Gasteiger partial charge in [-0.15, -0.1) is 0 Å². The van der Waals surface area contributed by atoms with E-state index in [2.05, 4.69) is 15.0 Å². The van der Waals surface area contributed by atoms with E-state index in [9.17, 15) is 16.8 Å². The van der Waals surface area contributed by atoms with Crippen LogP contribution in [0, 0.1) is 0 Å². The maximum absolute atomic E-state index is 11.9. The number of sulfone groups is 1. The Morgan fingerprint density at radius 1 is 1.30 bits per heavy atom. The molecule has 0 unspecified atom stereocenters. The van der Waals surface area contributed by atoms with Crippen molar-refractivity contribution >= 4 is 37.3 Å². The lowest BCUT2D eigenvalue weighted by atomic mass is 10.4. The van der Waals surface area contributed by atoms with Crippen molar-refractivity contribution < 1.29 is 16.8 Å². The van der Waals surface area contributed by atoms with E-state index in [4.69, 9.17) is 11.6 Å². The van der Waals surface area contributed by atoms with Crippen LogP contribution in [0.3, 0.4) is 0 Å². The van der Waals surface area contributed by atoms with Crippen LogP contribution in [-0.4, -0.2) is 47.4 Å². The van der Waals surface area contributed by atoms with Crippen molar-refractivity contribution in [1.29, 1.82) is 0 Å². The molecule has 0 amide bonds. The third kappa shape index (κ3) is 5.23. The summed E-state index contributed by atoms with van der Waals surface area (Å²) < 4.78 is 48.0. The summed E-state index contributed by atoms with van der Waals surface area (Å²) in [5.41, 5.74) is 0. The number of hydrogen-bond donors (Lipinski definition) is 2. The van der Waals surface area contributed by atoms with Crippen molar-refractivity contribution in [3.8, 4) is 0 Å². The Balaban J connectivity index is 2.72. The number of rotatable bonds is 7. The van der Waals surface area contributed by atoms with Crippen molar-refractivity contribution in [2.24, 2.45) is 0 Å². The molecule has 2 N–H and O–H groups in total. The minimum absolute atomic E-state index is 0.0286. The molecule has 0 radical (unpaired) electrons. The normalized spacial score (nSPS) is 12.3. The molecule has 10 heteroatoms. The molecule has 0 bridgehead atoms. The Bertz CT molecular complexity index is 674. The minimum Gasteiger partial charge on any atom is -0.372 e. The fraction of sp³-hybridized carbons (Fsp3) is 0.500. The molecule has 0 aliphatic rings. The maximum Gasteiger partial charge on any atom is 0.242 e. The average molecular weight is 342 g/mol. The highest BCUT2D eigenvalue weighted by atomic mass is 35.5. The van der Waals surface area contributed by atoms with Gasteiger partial charge in [-0.2, -0.15) is 0 Å². The van der Waals surface area contributed by atoms with Crippen molar-refractivity contribution in [2.75, 3.05) is 30.9 Å². The molecule has 0 saturated carbocycles. The van der Waals surface area contributed by atoms with Crippen LogP contribution in [0.5, 0.6) is 0 Å². The van der Waals surface area contributed by atoms with Crippen molar-refractivity contribution in [3.63, 3.8) is 0 Å². The summed E-state index contributed by atoms with van der Waals surface area (Å²) in [6.07, 6.45) is 2.48. The molecule has 1 aromatic rings. The van der Waals surface area contributed by atoms with Gasteiger partial charge in [-0.3, -0.25) is 0 Å². The monoisotopic (exact) mass is 341 g/mol. The third-order valence-corrected chi connectivity index (χ3v) is 5.09. The van der Waals surface area contributed by atoms with Gasteiger partial charge in [0.1, 0.15) is 20.6 Å². The summed E-state index contributed by atoms with van der Waals surface area (Å²) >= 11 is 5.86. The summed E-state index contributed by atoms with van der Waals surface area (Å²) in [5, 5.41) is 2.90. The number of anilines is 1. The first-order chi connectivity index (χ1) is 9.15. The summed E-state index contributed by atoms with van der Waals surface area (Å²) in [6, 6.07) is 1.28. The molecule has 7 nitrogen and oxygen atoms in total. The van der Waals surface area contributed by atoms with Crippen LogP contribution in [0.25, 0.3) is 0 Å². The first-order valence-electron chi connectivity index (χ1n) is 5.66. The second kappa shape index (κ2) is 6.70. The fourth-order valence-electron chi connectivity index (χ4n) is 1.38. The smallest absolute Gasteiger partial charge is 0.242 e. The molecule has 0 atom stereocenters. The lowest BCUT2D eigenvalue weighted by Gasteiger charge is -2.08. The molecule has 1 rings (SSSR count). The van der Waals surface area contributed by atoms with Crippen molar-refractivity contribution in [2.45, 2.75) is 11.3 Å². The highest BCUT2D eigenvalue weighted by molar-refractivity contribution is 7.90. The van der Waals surface area contributed by atoms with E-state index in [0.29, 0.717) is 5.82 Å². The van der Waals surface area contributed by atoms with Crippen LogP contribution in [0.4, 0.5) is 5.82 Å². The van der Waals surface area contributed by atoms with Crippen LogP contribution >= 0.6 is 11.6 Å². The van der Waals surface area contributed by atoms with Gasteiger partial charge < -0.3 is 5.32 Å². The summed E-state index contributed by atoms with van der Waals surface area (Å²) in [4.78, 5) is 3.80. The maximum atomic E-state index is 11.9. The van der Waals surface area contributed by atoms with Gasteiger partial charge in [0.2, 0.25) is 10.0 Å². The first kappa shape index (κ1) is 17.2. The standard InChI is InChI=1S/C10H16ClN3O4S2/c1-12-10-9(11)6-8(7-13-10)20(17,18)14-4-3-5-19(2,15)16/h6-7,14H,3-5H2,1-2H3,(H,12,13). The van der Waals surface area contributed by atoms with Crippen molar-refractivity contribution in [3.05, 3.63) is 17.3 Å². The van der Waals surface area contributed by atoms with E-state index in [1.165, 1.54) is 12.3 Å². The van der Waals surface area contributed by atoms with Crippen LogP contribution < -0.4 is 10.0 Å². The Kier molecular flexibility index (Phi) is 5.75. The molecule has 0 saturated heterocycles. The van der Waals surface area contributed by atoms with Gasteiger partial charge in [-0.25, -0.2) is 26.5 Å². The Morgan fingerprint density at radius 2 is 1.95 bits per heavy atom. The minimum atomic E-state index is -3.75. The zero-order valence-corrected chi connectivity index (χ0v) is 13.4. The highest BCUT2D eigenvalue weighted by Crippen LogP contribution is 2.21. The van der Waals surface area contributed by atoms with E-state index < -0.39 is 19.9 Å². The van der Waals surface area contributed by atoms with Gasteiger partial charge in [-0.1, -0.05) is 11.6 Å². The molecular formula is C10H16ClN3O4S2. The van der Waals surface area contributed by atoms with Gasteiger partial charge in [0.05, 0.1) is 10.8 Å². The zero-order chi connectivity index (χ0) is 15.4. The van der Waals surface area contributed by atoms with Crippen LogP contribution in [0.2, 0.25) is 5.02 Å². The van der Waals surface area contributed by atoms with Crippen LogP contribution in [-0.2, 0) is 19.9 Å². The average Bonchev–Trinajstić information content (AvgIpc) is 2.33. The number of nitrogens with zero attached hydrogens (tertiary/aromatic N) is 1. The molecular weight excluding hydrogens is 326 g/mol. The molecule has 0 fully saturated rings. The predicted molar refractivity (Wildman–Crippen MR) is 78.3 cm³/mol. The SMILES string of the molecule is CNc1ncc(S(=O)(=O)NCCCS(C)(=O)=O)cc1Cl. The molecule has 20 heavy (non-hydrogen) atoms. The summed E-state index contributed by atoms with van der Waals surface area (Å²) in [5.74, 6) is 0.301. The second-order valence-corrected chi connectivity index (χ2v) is 8.57. The van der Waals surface area contributed by atoms with E-state index in [0.717, 1.165) is 6.26 Å². The van der Waals surface area contributed by atoms with Crippen LogP contribution in [0.15, 0.2) is 17.2 Å². The number of aromatic nitrogens is 1. The predicted octanol–water partition coefficient (Wildman–Crippen LogP) is 0.490. The number of hydrogen-bond acceptors (Lipinski definition) is 6. The molecule has 0 aliphatic carbocycles.